The van der Waals surface area contributed by atoms with Gasteiger partial charge in [0.15, 0.2) is 15.0 Å². The molecule has 2 aromatic heterocycles. The Bertz CT molecular complexity index is 956. The molecule has 0 unspecified atom stereocenters. The number of furan rings is 1. The Morgan fingerprint density at radius 2 is 2.08 bits per heavy atom. The van der Waals surface area contributed by atoms with E-state index in [1.807, 2.05) is 6.07 Å². The summed E-state index contributed by atoms with van der Waals surface area (Å²) >= 11 is 13.1. The Morgan fingerprint density at radius 1 is 1.24 bits per heavy atom. The molecule has 10 heteroatoms. The van der Waals surface area contributed by atoms with Crippen LogP contribution in [0.2, 0.25) is 10.0 Å². The number of halogens is 2. The van der Waals surface area contributed by atoms with E-state index in [-0.39, 0.29) is 15.7 Å². The molecule has 25 heavy (non-hydrogen) atoms. The van der Waals surface area contributed by atoms with Crippen LogP contribution >= 0.6 is 35.0 Å². The first kappa shape index (κ1) is 18.3. The molecule has 0 N–H and O–H groups in total. The molecule has 0 atom stereocenters. The fourth-order valence-electron chi connectivity index (χ4n) is 2.10. The van der Waals surface area contributed by atoms with Crippen LogP contribution in [0.1, 0.15) is 5.76 Å². The van der Waals surface area contributed by atoms with Crippen molar-refractivity contribution in [2.24, 2.45) is 0 Å². The first-order chi connectivity index (χ1) is 12.0. The summed E-state index contributed by atoms with van der Waals surface area (Å²) in [5.74, 6) is 0.980. The van der Waals surface area contributed by atoms with Crippen molar-refractivity contribution in [1.29, 1.82) is 0 Å². The summed E-state index contributed by atoms with van der Waals surface area (Å²) in [5.41, 5.74) is 0. The lowest BCUT2D eigenvalue weighted by atomic mass is 10.4. The second-order valence-corrected chi connectivity index (χ2v) is 9.05. The van der Waals surface area contributed by atoms with E-state index in [0.717, 1.165) is 5.76 Å². The lowest BCUT2D eigenvalue weighted by molar-refractivity contribution is 0.484. The Morgan fingerprint density at radius 3 is 2.84 bits per heavy atom. The number of nitrogens with zero attached hydrogens (tertiary/aromatic N) is 3. The molecule has 0 saturated carbocycles. The second kappa shape index (κ2) is 7.82. The van der Waals surface area contributed by atoms with E-state index in [9.17, 15) is 8.42 Å². The number of aromatic nitrogens is 3. The third kappa shape index (κ3) is 4.58. The molecule has 0 aliphatic heterocycles. The lowest BCUT2D eigenvalue weighted by Gasteiger charge is -2.07. The monoisotopic (exact) mass is 417 g/mol. The molecule has 0 saturated heterocycles. The van der Waals surface area contributed by atoms with E-state index in [1.54, 1.807) is 29.3 Å². The molecule has 3 rings (SSSR count). The van der Waals surface area contributed by atoms with Crippen molar-refractivity contribution in [1.82, 2.24) is 14.8 Å². The van der Waals surface area contributed by atoms with Gasteiger partial charge in [0.05, 0.1) is 28.5 Å². The van der Waals surface area contributed by atoms with E-state index in [2.05, 4.69) is 10.2 Å². The van der Waals surface area contributed by atoms with Gasteiger partial charge in [-0.25, -0.2) is 8.42 Å². The summed E-state index contributed by atoms with van der Waals surface area (Å²) < 4.78 is 32.0. The lowest BCUT2D eigenvalue weighted by Crippen LogP contribution is -2.10. The van der Waals surface area contributed by atoms with Crippen molar-refractivity contribution < 1.29 is 12.8 Å². The summed E-state index contributed by atoms with van der Waals surface area (Å²) in [5, 5.41) is 8.98. The minimum Gasteiger partial charge on any atom is -0.467 e. The van der Waals surface area contributed by atoms with Crippen LogP contribution in [0.25, 0.3) is 0 Å². The molecular weight excluding hydrogens is 405 g/mol. The van der Waals surface area contributed by atoms with Gasteiger partial charge in [0, 0.05) is 10.8 Å². The van der Waals surface area contributed by atoms with Gasteiger partial charge in [-0.05, 0) is 30.3 Å². The van der Waals surface area contributed by atoms with E-state index < -0.39 is 9.84 Å². The molecule has 0 aliphatic rings. The highest BCUT2D eigenvalue weighted by Crippen LogP contribution is 2.27. The normalized spacial score (nSPS) is 11.8. The fraction of sp³-hybridized carbons (Fsp3) is 0.200. The average molecular weight is 418 g/mol. The quantitative estimate of drug-likeness (QED) is 0.544. The molecule has 0 fully saturated rings. The maximum Gasteiger partial charge on any atom is 0.191 e. The van der Waals surface area contributed by atoms with Crippen LogP contribution in [0.4, 0.5) is 0 Å². The number of hydrogen-bond acceptors (Lipinski definition) is 6. The van der Waals surface area contributed by atoms with Crippen molar-refractivity contribution >= 4 is 44.8 Å². The molecule has 0 aliphatic carbocycles. The zero-order chi connectivity index (χ0) is 17.9. The molecule has 3 aromatic rings. The molecule has 2 heterocycles. The van der Waals surface area contributed by atoms with Crippen LogP contribution < -0.4 is 0 Å². The van der Waals surface area contributed by atoms with Gasteiger partial charge >= 0.3 is 0 Å². The van der Waals surface area contributed by atoms with Gasteiger partial charge in [-0.3, -0.25) is 0 Å². The van der Waals surface area contributed by atoms with E-state index in [4.69, 9.17) is 27.6 Å². The molecule has 0 amide bonds. The molecule has 0 bridgehead atoms. The molecular formula is C15H13Cl2N3O3S2. The zero-order valence-corrected chi connectivity index (χ0v) is 15.9. The number of thioether (sulfide) groups is 1. The van der Waals surface area contributed by atoms with Gasteiger partial charge < -0.3 is 8.98 Å². The Labute approximate surface area is 159 Å². The van der Waals surface area contributed by atoms with Crippen LogP contribution in [-0.2, 0) is 16.4 Å². The van der Waals surface area contributed by atoms with Gasteiger partial charge in [0.1, 0.15) is 12.1 Å². The highest BCUT2D eigenvalue weighted by Gasteiger charge is 2.19. The maximum absolute atomic E-state index is 12.5. The topological polar surface area (TPSA) is 78.0 Å². The van der Waals surface area contributed by atoms with E-state index in [0.29, 0.717) is 22.5 Å². The predicted octanol–water partition coefficient (Wildman–Crippen LogP) is 3.79. The molecule has 1 aromatic carbocycles. The SMILES string of the molecule is O=S(=O)(CCSc1nncn1Cc1ccco1)c1cc(Cl)ccc1Cl. The fourth-order valence-corrected chi connectivity index (χ4v) is 5.48. The van der Waals surface area contributed by atoms with Crippen LogP contribution in [0, 0.1) is 0 Å². The van der Waals surface area contributed by atoms with Gasteiger partial charge in [-0.15, -0.1) is 10.2 Å². The minimum atomic E-state index is -3.54. The number of sulfone groups is 1. The number of benzene rings is 1. The summed E-state index contributed by atoms with van der Waals surface area (Å²) in [7, 11) is -3.54. The zero-order valence-electron chi connectivity index (χ0n) is 12.8. The van der Waals surface area contributed by atoms with E-state index >= 15 is 0 Å². The second-order valence-electron chi connectivity index (χ2n) is 5.06. The largest absolute Gasteiger partial charge is 0.467 e. The first-order valence-electron chi connectivity index (χ1n) is 7.16. The summed E-state index contributed by atoms with van der Waals surface area (Å²) in [6, 6.07) is 8.04. The smallest absolute Gasteiger partial charge is 0.191 e. The first-order valence-corrected chi connectivity index (χ1v) is 10.6. The van der Waals surface area contributed by atoms with Crippen LogP contribution in [0.3, 0.4) is 0 Å². The predicted molar refractivity (Wildman–Crippen MR) is 97.1 cm³/mol. The van der Waals surface area contributed by atoms with Crippen LogP contribution in [-0.4, -0.2) is 34.7 Å². The summed E-state index contributed by atoms with van der Waals surface area (Å²) in [6.45, 7) is 0.481. The van der Waals surface area contributed by atoms with Gasteiger partial charge in [0.25, 0.3) is 0 Å². The third-order valence-electron chi connectivity index (χ3n) is 3.30. The maximum atomic E-state index is 12.5. The molecule has 0 spiro atoms. The molecule has 6 nitrogen and oxygen atoms in total. The third-order valence-corrected chi connectivity index (χ3v) is 6.97. The Balaban J connectivity index is 1.65. The van der Waals surface area contributed by atoms with Gasteiger partial charge in [-0.2, -0.15) is 0 Å². The van der Waals surface area contributed by atoms with Crippen molar-refractivity contribution in [2.75, 3.05) is 11.5 Å². The minimum absolute atomic E-state index is 0.0410. The highest BCUT2D eigenvalue weighted by molar-refractivity contribution is 8.00. The van der Waals surface area contributed by atoms with Gasteiger partial charge in [-0.1, -0.05) is 35.0 Å². The van der Waals surface area contributed by atoms with Crippen molar-refractivity contribution in [3.8, 4) is 0 Å². The van der Waals surface area contributed by atoms with Crippen LogP contribution in [0.5, 0.6) is 0 Å². The summed E-state index contributed by atoms with van der Waals surface area (Å²) in [4.78, 5) is 0.0410. The van der Waals surface area contributed by atoms with Gasteiger partial charge in [0.2, 0.25) is 0 Å². The number of rotatable bonds is 7. The highest BCUT2D eigenvalue weighted by atomic mass is 35.5. The summed E-state index contributed by atoms with van der Waals surface area (Å²) in [6.07, 6.45) is 3.17. The standard InChI is InChI=1S/C15H13Cl2N3O3S2/c16-11-3-4-13(17)14(8-11)25(21,22)7-6-24-15-19-18-10-20(15)9-12-2-1-5-23-12/h1-5,8,10H,6-7,9H2. The van der Waals surface area contributed by atoms with Crippen molar-refractivity contribution in [2.45, 2.75) is 16.6 Å². The van der Waals surface area contributed by atoms with Crippen LogP contribution in [0.15, 0.2) is 57.4 Å². The average Bonchev–Trinajstić information content (AvgIpc) is 3.22. The molecule has 132 valence electrons. The van der Waals surface area contributed by atoms with Crippen molar-refractivity contribution in [3.63, 3.8) is 0 Å². The Hall–Kier alpha value is -1.48. The van der Waals surface area contributed by atoms with Crippen molar-refractivity contribution in [3.05, 3.63) is 58.7 Å². The molecule has 0 radical (unpaired) electrons. The van der Waals surface area contributed by atoms with E-state index in [1.165, 1.54) is 23.9 Å². The number of hydrogen-bond donors (Lipinski definition) is 0. The Kier molecular flexibility index (Phi) is 5.73.